The molecule has 0 saturated carbocycles. The Labute approximate surface area is 138 Å². The number of rotatable bonds is 1. The number of carbonyl (C=O) groups excluding carboxylic acids is 1. The predicted octanol–water partition coefficient (Wildman–Crippen LogP) is 4.27. The van der Waals surface area contributed by atoms with Gasteiger partial charge >= 0.3 is 0 Å². The van der Waals surface area contributed by atoms with Gasteiger partial charge in [-0.15, -0.1) is 11.3 Å². The van der Waals surface area contributed by atoms with E-state index in [2.05, 4.69) is 29.8 Å². The minimum absolute atomic E-state index is 0.0226. The molecule has 0 radical (unpaired) electrons. The quantitative estimate of drug-likeness (QED) is 0.671. The number of carbonyl (C=O) groups is 1. The van der Waals surface area contributed by atoms with Gasteiger partial charge in [0.25, 0.3) is 5.91 Å². The largest absolute Gasteiger partial charge is 0.307 e. The molecule has 1 aliphatic rings. The van der Waals surface area contributed by atoms with E-state index in [9.17, 15) is 4.79 Å². The average molecular weight is 320 g/mol. The number of pyridine rings is 1. The molecule has 0 saturated heterocycles. The summed E-state index contributed by atoms with van der Waals surface area (Å²) in [6.07, 6.45) is 2.51. The Morgan fingerprint density at radius 2 is 2.09 bits per heavy atom. The van der Waals surface area contributed by atoms with Crippen LogP contribution in [-0.4, -0.2) is 22.3 Å². The van der Waals surface area contributed by atoms with Crippen LogP contribution in [0, 0.1) is 6.92 Å². The van der Waals surface area contributed by atoms with Crippen LogP contribution in [0.15, 0.2) is 49.2 Å². The number of hydrogen-bond acceptors (Lipinski definition) is 3. The number of nitrogens with zero attached hydrogens (tertiary/aromatic N) is 2. The number of aromatic nitrogens is 1. The third-order valence-electron chi connectivity index (χ3n) is 4.28. The molecule has 0 aliphatic carbocycles. The average Bonchev–Trinajstić information content (AvgIpc) is 2.95. The highest BCUT2D eigenvalue weighted by Crippen LogP contribution is 2.40. The monoisotopic (exact) mass is 320 g/mol. The van der Waals surface area contributed by atoms with E-state index in [-0.39, 0.29) is 5.91 Å². The second-order valence-electron chi connectivity index (χ2n) is 5.75. The van der Waals surface area contributed by atoms with Gasteiger partial charge in [0.05, 0.1) is 16.1 Å². The van der Waals surface area contributed by atoms with Crippen molar-refractivity contribution in [2.45, 2.75) is 13.3 Å². The van der Waals surface area contributed by atoms with Gasteiger partial charge in [-0.3, -0.25) is 9.78 Å². The fraction of sp³-hybridized carbons (Fsp3) is 0.158. The number of hydrogen-bond donors (Lipinski definition) is 0. The molecule has 0 spiro atoms. The summed E-state index contributed by atoms with van der Waals surface area (Å²) in [5.41, 5.74) is 3.65. The highest BCUT2D eigenvalue weighted by molar-refractivity contribution is 7.20. The fourth-order valence-electron chi connectivity index (χ4n) is 3.04. The van der Waals surface area contributed by atoms with Gasteiger partial charge in [0.1, 0.15) is 0 Å². The summed E-state index contributed by atoms with van der Waals surface area (Å²) in [4.78, 5) is 19.9. The van der Waals surface area contributed by atoms with E-state index in [1.165, 1.54) is 15.6 Å². The zero-order chi connectivity index (χ0) is 16.0. The van der Waals surface area contributed by atoms with Crippen molar-refractivity contribution >= 4 is 33.0 Å². The zero-order valence-electron chi connectivity index (χ0n) is 12.9. The van der Waals surface area contributed by atoms with Crippen molar-refractivity contribution in [1.29, 1.82) is 0 Å². The highest BCUT2D eigenvalue weighted by Gasteiger charge is 2.28. The van der Waals surface area contributed by atoms with Crippen LogP contribution < -0.4 is 0 Å². The van der Waals surface area contributed by atoms with Crippen LogP contribution in [0.25, 0.3) is 15.8 Å². The second-order valence-corrected chi connectivity index (χ2v) is 6.80. The lowest BCUT2D eigenvalue weighted by molar-refractivity contribution is 0.0834. The Balaban J connectivity index is 1.72. The summed E-state index contributed by atoms with van der Waals surface area (Å²) in [5, 5.41) is 1.29. The number of thiophene rings is 1. The van der Waals surface area contributed by atoms with E-state index in [0.29, 0.717) is 12.1 Å². The first-order valence-electron chi connectivity index (χ1n) is 7.59. The van der Waals surface area contributed by atoms with Gasteiger partial charge in [0.15, 0.2) is 0 Å². The molecule has 3 nitrogen and oxygen atoms in total. The molecule has 4 rings (SSSR count). The van der Waals surface area contributed by atoms with E-state index in [1.54, 1.807) is 22.4 Å². The van der Waals surface area contributed by atoms with E-state index < -0.39 is 0 Å². The van der Waals surface area contributed by atoms with Crippen molar-refractivity contribution in [3.63, 3.8) is 0 Å². The molecule has 1 aliphatic heterocycles. The van der Waals surface area contributed by atoms with Crippen LogP contribution in [0.2, 0.25) is 0 Å². The maximum absolute atomic E-state index is 12.8. The minimum Gasteiger partial charge on any atom is -0.307 e. The first-order valence-corrected chi connectivity index (χ1v) is 8.41. The lowest BCUT2D eigenvalue weighted by Crippen LogP contribution is -2.34. The maximum atomic E-state index is 12.8. The lowest BCUT2D eigenvalue weighted by Gasteiger charge is -2.29. The van der Waals surface area contributed by atoms with E-state index >= 15 is 0 Å². The summed E-state index contributed by atoms with van der Waals surface area (Å²) in [7, 11) is 0. The number of fused-ring (bicyclic) bond motifs is 3. The molecule has 3 aromatic rings. The van der Waals surface area contributed by atoms with Crippen molar-refractivity contribution in [1.82, 2.24) is 9.88 Å². The summed E-state index contributed by atoms with van der Waals surface area (Å²) in [6.45, 7) is 6.77. The van der Waals surface area contributed by atoms with Gasteiger partial charge in [-0.2, -0.15) is 0 Å². The van der Waals surface area contributed by atoms with Crippen molar-refractivity contribution in [3.05, 3.63) is 70.9 Å². The molecule has 0 atom stereocenters. The Hall–Kier alpha value is -2.46. The summed E-state index contributed by atoms with van der Waals surface area (Å²) < 4.78 is 1.25. The third-order valence-corrected chi connectivity index (χ3v) is 5.54. The van der Waals surface area contributed by atoms with Crippen LogP contribution in [0.4, 0.5) is 0 Å². The van der Waals surface area contributed by atoms with E-state index in [4.69, 9.17) is 0 Å². The van der Waals surface area contributed by atoms with Crippen molar-refractivity contribution < 1.29 is 4.79 Å². The Kier molecular flexibility index (Phi) is 3.27. The van der Waals surface area contributed by atoms with Crippen LogP contribution in [0.3, 0.4) is 0 Å². The predicted molar refractivity (Wildman–Crippen MR) is 94.6 cm³/mol. The van der Waals surface area contributed by atoms with Crippen LogP contribution in [-0.2, 0) is 6.42 Å². The first kappa shape index (κ1) is 14.2. The van der Waals surface area contributed by atoms with E-state index in [0.717, 1.165) is 22.7 Å². The maximum Gasteiger partial charge on any atom is 0.259 e. The molecule has 3 heterocycles. The normalized spacial score (nSPS) is 14.1. The molecule has 0 fully saturated rings. The molecule has 0 unspecified atom stereocenters. The molecule has 4 heteroatoms. The third kappa shape index (κ3) is 2.26. The van der Waals surface area contributed by atoms with Crippen molar-refractivity contribution in [2.75, 3.05) is 6.54 Å². The van der Waals surface area contributed by atoms with Gasteiger partial charge in [0, 0.05) is 23.1 Å². The number of aryl methyl sites for hydroxylation is 1. The number of amides is 1. The topological polar surface area (TPSA) is 33.2 Å². The second kappa shape index (κ2) is 5.32. The van der Waals surface area contributed by atoms with Gasteiger partial charge in [-0.25, -0.2) is 0 Å². The van der Waals surface area contributed by atoms with Crippen molar-refractivity contribution in [3.8, 4) is 0 Å². The molecule has 23 heavy (non-hydrogen) atoms. The Bertz CT molecular complexity index is 924. The van der Waals surface area contributed by atoms with Gasteiger partial charge < -0.3 is 4.90 Å². The van der Waals surface area contributed by atoms with Gasteiger partial charge in [-0.05, 0) is 42.5 Å². The molecule has 114 valence electrons. The molecule has 1 amide bonds. The van der Waals surface area contributed by atoms with Gasteiger partial charge in [0.2, 0.25) is 0 Å². The Morgan fingerprint density at radius 1 is 1.26 bits per heavy atom. The van der Waals surface area contributed by atoms with E-state index in [1.807, 2.05) is 25.1 Å². The molecule has 0 bridgehead atoms. The molecular weight excluding hydrogens is 304 g/mol. The first-order chi connectivity index (χ1) is 11.1. The van der Waals surface area contributed by atoms with Crippen molar-refractivity contribution in [2.24, 2.45) is 0 Å². The SMILES string of the molecule is C=C1c2sc3ccccc3c2CCN1C(=O)c1ccc(C)nc1. The van der Waals surface area contributed by atoms with Crippen LogP contribution in [0.5, 0.6) is 0 Å². The van der Waals surface area contributed by atoms with Gasteiger partial charge in [-0.1, -0.05) is 24.8 Å². The lowest BCUT2D eigenvalue weighted by atomic mass is 10.0. The molecule has 1 aromatic carbocycles. The number of benzene rings is 1. The highest BCUT2D eigenvalue weighted by atomic mass is 32.1. The summed E-state index contributed by atoms with van der Waals surface area (Å²) in [6, 6.07) is 12.1. The standard InChI is InChI=1S/C19H16N2OS/c1-12-7-8-14(11-20-12)19(22)21-10-9-16-15-5-3-4-6-17(15)23-18(16)13(21)2/h3-8,11H,2,9-10H2,1H3. The smallest absolute Gasteiger partial charge is 0.259 e. The van der Waals surface area contributed by atoms with Crippen LogP contribution >= 0.6 is 11.3 Å². The Morgan fingerprint density at radius 3 is 2.87 bits per heavy atom. The molecule has 2 aromatic heterocycles. The molecule has 0 N–H and O–H groups in total. The van der Waals surface area contributed by atoms with Crippen LogP contribution in [0.1, 0.15) is 26.5 Å². The summed E-state index contributed by atoms with van der Waals surface area (Å²) in [5.74, 6) is -0.0226. The minimum atomic E-state index is -0.0226. The zero-order valence-corrected chi connectivity index (χ0v) is 13.7. The fourth-order valence-corrected chi connectivity index (χ4v) is 4.27. The molecular formula is C19H16N2OS. The summed E-state index contributed by atoms with van der Waals surface area (Å²) >= 11 is 1.72.